The topological polar surface area (TPSA) is 51.0 Å². The lowest BCUT2D eigenvalue weighted by atomic mass is 10.1. The van der Waals surface area contributed by atoms with Crippen molar-refractivity contribution in [3.63, 3.8) is 0 Å². The number of hydrogen-bond acceptors (Lipinski definition) is 4. The van der Waals surface area contributed by atoms with Crippen molar-refractivity contribution < 1.29 is 8.91 Å². The summed E-state index contributed by atoms with van der Waals surface area (Å²) >= 11 is 0. The number of rotatable bonds is 13. The third kappa shape index (κ3) is 7.06. The molecule has 0 atom stereocenters. The van der Waals surface area contributed by atoms with Crippen LogP contribution in [0.3, 0.4) is 0 Å². The van der Waals surface area contributed by atoms with Gasteiger partial charge in [-0.25, -0.2) is 4.39 Å². The molecule has 1 N–H and O–H groups in total. The van der Waals surface area contributed by atoms with Crippen molar-refractivity contribution in [3.05, 3.63) is 71.3 Å². The Kier molecular flexibility index (Phi) is 9.04. The van der Waals surface area contributed by atoms with Crippen molar-refractivity contribution in [1.29, 1.82) is 0 Å². The lowest BCUT2D eigenvalue weighted by Gasteiger charge is -2.06. The fourth-order valence-corrected chi connectivity index (χ4v) is 3.46. The molecular weight excluding hydrogens is 377 g/mol. The first kappa shape index (κ1) is 22.2. The third-order valence-corrected chi connectivity index (χ3v) is 5.28. The number of nitrogens with one attached hydrogen (secondary N) is 1. The third-order valence-electron chi connectivity index (χ3n) is 5.28. The number of aryl methyl sites for hydroxylation is 1. The smallest absolute Gasteiger partial charge is 0.257 e. The van der Waals surface area contributed by atoms with Crippen molar-refractivity contribution in [3.8, 4) is 11.5 Å². The van der Waals surface area contributed by atoms with Gasteiger partial charge in [0.15, 0.2) is 5.82 Å². The first-order chi connectivity index (χ1) is 14.8. The van der Waals surface area contributed by atoms with Gasteiger partial charge < -0.3 is 9.84 Å². The van der Waals surface area contributed by atoms with Crippen molar-refractivity contribution >= 4 is 0 Å². The number of hydrogen-bond donors (Lipinski definition) is 1. The fourth-order valence-electron chi connectivity index (χ4n) is 3.46. The predicted molar refractivity (Wildman–Crippen MR) is 119 cm³/mol. The Morgan fingerprint density at radius 3 is 2.47 bits per heavy atom. The largest absolute Gasteiger partial charge is 0.334 e. The van der Waals surface area contributed by atoms with E-state index >= 15 is 0 Å². The van der Waals surface area contributed by atoms with Gasteiger partial charge in [0.2, 0.25) is 0 Å². The van der Waals surface area contributed by atoms with Gasteiger partial charge in [-0.1, -0.05) is 74.5 Å². The molecule has 0 bridgehead atoms. The summed E-state index contributed by atoms with van der Waals surface area (Å²) in [7, 11) is 0. The SMILES string of the molecule is CCCCCCCCc1noc(-c2ccc(CNCCc3ccccc3F)cc2)n1. The van der Waals surface area contributed by atoms with E-state index in [1.54, 1.807) is 6.07 Å². The first-order valence-corrected chi connectivity index (χ1v) is 11.1. The quantitative estimate of drug-likeness (QED) is 0.346. The monoisotopic (exact) mass is 409 g/mol. The number of halogens is 1. The van der Waals surface area contributed by atoms with Crippen LogP contribution in [0.5, 0.6) is 0 Å². The van der Waals surface area contributed by atoms with Crippen molar-refractivity contribution in [1.82, 2.24) is 15.5 Å². The molecule has 0 unspecified atom stereocenters. The van der Waals surface area contributed by atoms with Gasteiger partial charge in [0.05, 0.1) is 0 Å². The molecule has 0 saturated heterocycles. The van der Waals surface area contributed by atoms with Gasteiger partial charge in [-0.15, -0.1) is 0 Å². The zero-order chi connectivity index (χ0) is 21.0. The first-order valence-electron chi connectivity index (χ1n) is 11.1. The number of unbranched alkanes of at least 4 members (excludes halogenated alkanes) is 5. The van der Waals surface area contributed by atoms with Gasteiger partial charge in [0.1, 0.15) is 5.82 Å². The van der Waals surface area contributed by atoms with Crippen molar-refractivity contribution in [2.75, 3.05) is 6.54 Å². The van der Waals surface area contributed by atoms with Gasteiger partial charge in [0.25, 0.3) is 5.89 Å². The van der Waals surface area contributed by atoms with E-state index in [2.05, 4.69) is 34.5 Å². The minimum absolute atomic E-state index is 0.140. The minimum Gasteiger partial charge on any atom is -0.334 e. The van der Waals surface area contributed by atoms with E-state index < -0.39 is 0 Å². The average Bonchev–Trinajstić information content (AvgIpc) is 3.24. The Morgan fingerprint density at radius 2 is 1.67 bits per heavy atom. The molecule has 0 amide bonds. The molecule has 1 aromatic heterocycles. The highest BCUT2D eigenvalue weighted by Crippen LogP contribution is 2.19. The summed E-state index contributed by atoms with van der Waals surface area (Å²) < 4.78 is 19.1. The van der Waals surface area contributed by atoms with E-state index in [1.165, 1.54) is 43.7 Å². The molecule has 0 saturated carbocycles. The molecule has 0 aliphatic rings. The maximum Gasteiger partial charge on any atom is 0.257 e. The number of nitrogens with zero attached hydrogens (tertiary/aromatic N) is 2. The Morgan fingerprint density at radius 1 is 0.900 bits per heavy atom. The zero-order valence-corrected chi connectivity index (χ0v) is 17.9. The average molecular weight is 410 g/mol. The molecular formula is C25H32FN3O. The van der Waals surface area contributed by atoms with Crippen LogP contribution in [0.15, 0.2) is 53.1 Å². The zero-order valence-electron chi connectivity index (χ0n) is 17.9. The maximum atomic E-state index is 13.6. The summed E-state index contributed by atoms with van der Waals surface area (Å²) in [6.45, 7) is 3.70. The Labute approximate surface area is 178 Å². The van der Waals surface area contributed by atoms with Gasteiger partial charge >= 0.3 is 0 Å². The minimum atomic E-state index is -0.140. The van der Waals surface area contributed by atoms with E-state index in [9.17, 15) is 4.39 Å². The molecule has 2 aromatic carbocycles. The van der Waals surface area contributed by atoms with Crippen LogP contribution in [0, 0.1) is 5.82 Å². The summed E-state index contributed by atoms with van der Waals surface area (Å²) in [5, 5.41) is 7.48. The van der Waals surface area contributed by atoms with Crippen molar-refractivity contribution in [2.45, 2.75) is 64.8 Å². The number of benzene rings is 2. The fraction of sp³-hybridized carbons (Fsp3) is 0.440. The molecule has 0 fully saturated rings. The Hall–Kier alpha value is -2.53. The second-order valence-electron chi connectivity index (χ2n) is 7.75. The van der Waals surface area contributed by atoms with E-state index in [0.717, 1.165) is 42.9 Å². The lowest BCUT2D eigenvalue weighted by molar-refractivity contribution is 0.421. The van der Waals surface area contributed by atoms with E-state index in [4.69, 9.17) is 4.52 Å². The molecule has 30 heavy (non-hydrogen) atoms. The van der Waals surface area contributed by atoms with E-state index in [1.807, 2.05) is 24.3 Å². The van der Waals surface area contributed by atoms with Crippen LogP contribution >= 0.6 is 0 Å². The van der Waals surface area contributed by atoms with Gasteiger partial charge in [-0.3, -0.25) is 0 Å². The molecule has 0 radical (unpaired) electrons. The van der Waals surface area contributed by atoms with Crippen LogP contribution in [-0.2, 0) is 19.4 Å². The summed E-state index contributed by atoms with van der Waals surface area (Å²) in [4.78, 5) is 4.53. The van der Waals surface area contributed by atoms with E-state index in [-0.39, 0.29) is 5.82 Å². The summed E-state index contributed by atoms with van der Waals surface area (Å²) in [5.74, 6) is 1.23. The van der Waals surface area contributed by atoms with E-state index in [0.29, 0.717) is 12.3 Å². The van der Waals surface area contributed by atoms with Crippen molar-refractivity contribution in [2.24, 2.45) is 0 Å². The molecule has 0 aliphatic carbocycles. The highest BCUT2D eigenvalue weighted by molar-refractivity contribution is 5.53. The molecule has 0 spiro atoms. The normalized spacial score (nSPS) is 11.1. The van der Waals surface area contributed by atoms with Crippen LogP contribution in [0.1, 0.15) is 62.4 Å². The molecule has 160 valence electrons. The van der Waals surface area contributed by atoms with Crippen LogP contribution in [0.4, 0.5) is 4.39 Å². The summed E-state index contributed by atoms with van der Waals surface area (Å²) in [6, 6.07) is 15.1. The predicted octanol–water partition coefficient (Wildman–Crippen LogP) is 6.11. The highest BCUT2D eigenvalue weighted by Gasteiger charge is 2.09. The molecule has 5 heteroatoms. The second kappa shape index (κ2) is 12.2. The molecule has 0 aliphatic heterocycles. The Bertz CT molecular complexity index is 876. The van der Waals surface area contributed by atoms with Crippen LogP contribution < -0.4 is 5.32 Å². The molecule has 4 nitrogen and oxygen atoms in total. The summed E-state index contributed by atoms with van der Waals surface area (Å²) in [6.07, 6.45) is 9.09. The standard InChI is InChI=1S/C25H32FN3O/c1-2-3-4-5-6-7-12-24-28-25(30-29-24)22-15-13-20(14-16-22)19-27-18-17-21-10-8-9-11-23(21)26/h8-11,13-16,27H,2-7,12,17-19H2,1H3. The second-order valence-corrected chi connectivity index (χ2v) is 7.75. The summed E-state index contributed by atoms with van der Waals surface area (Å²) in [5.41, 5.74) is 2.85. The van der Waals surface area contributed by atoms with Gasteiger partial charge in [-0.05, 0) is 48.7 Å². The maximum absolute atomic E-state index is 13.6. The van der Waals surface area contributed by atoms with Gasteiger partial charge in [0, 0.05) is 18.5 Å². The number of aromatic nitrogens is 2. The van der Waals surface area contributed by atoms with Gasteiger partial charge in [-0.2, -0.15) is 4.98 Å². The molecule has 3 aromatic rings. The van der Waals surface area contributed by atoms with Crippen LogP contribution in [0.25, 0.3) is 11.5 Å². The molecule has 3 rings (SSSR count). The Balaban J connectivity index is 1.40. The molecule has 1 heterocycles. The highest BCUT2D eigenvalue weighted by atomic mass is 19.1. The lowest BCUT2D eigenvalue weighted by Crippen LogP contribution is -2.17. The van der Waals surface area contributed by atoms with Crippen LogP contribution in [-0.4, -0.2) is 16.7 Å². The van der Waals surface area contributed by atoms with Crippen LogP contribution in [0.2, 0.25) is 0 Å².